The van der Waals surface area contributed by atoms with Crippen molar-refractivity contribution < 1.29 is 0 Å². The maximum atomic E-state index is 5.37. The molecule has 0 atom stereocenters. The number of rotatable bonds is 6. The molecule has 0 radical (unpaired) electrons. The highest BCUT2D eigenvalue weighted by molar-refractivity contribution is 5.43. The van der Waals surface area contributed by atoms with Gasteiger partial charge in [-0.2, -0.15) is 15.0 Å². The molecule has 1 aromatic rings. The zero-order valence-corrected chi connectivity index (χ0v) is 11.8. The summed E-state index contributed by atoms with van der Waals surface area (Å²) in [6, 6.07) is 0. The van der Waals surface area contributed by atoms with Crippen LogP contribution < -0.4 is 21.1 Å². The number of nitrogens with zero attached hydrogens (tertiary/aromatic N) is 5. The second-order valence-corrected chi connectivity index (χ2v) is 4.90. The smallest absolute Gasteiger partial charge is 0.243 e. The van der Waals surface area contributed by atoms with E-state index < -0.39 is 0 Å². The van der Waals surface area contributed by atoms with Gasteiger partial charge >= 0.3 is 0 Å². The molecule has 0 aliphatic rings. The predicted octanol–water partition coefficient (Wildman–Crippen LogP) is 0.706. The molecule has 0 bridgehead atoms. The maximum Gasteiger partial charge on any atom is 0.243 e. The summed E-state index contributed by atoms with van der Waals surface area (Å²) in [5, 5.41) is 0. The van der Waals surface area contributed by atoms with Crippen LogP contribution in [0.1, 0.15) is 20.3 Å². The van der Waals surface area contributed by atoms with E-state index in [-0.39, 0.29) is 0 Å². The van der Waals surface area contributed by atoms with E-state index in [0.29, 0.717) is 23.8 Å². The van der Waals surface area contributed by atoms with E-state index in [9.17, 15) is 0 Å². The Kier molecular flexibility index (Phi) is 5.08. The third-order valence-electron chi connectivity index (χ3n) is 2.52. The molecule has 18 heavy (non-hydrogen) atoms. The molecule has 0 aliphatic carbocycles. The summed E-state index contributed by atoms with van der Waals surface area (Å²) in [6.45, 7) is 5.29. The molecule has 1 heterocycles. The first-order chi connectivity index (χ1) is 8.43. The molecule has 0 amide bonds. The maximum absolute atomic E-state index is 5.37. The van der Waals surface area contributed by atoms with Gasteiger partial charge < -0.3 is 9.80 Å². The molecule has 0 unspecified atom stereocenters. The molecule has 7 nitrogen and oxygen atoms in total. The van der Waals surface area contributed by atoms with Crippen LogP contribution in [0.15, 0.2) is 0 Å². The van der Waals surface area contributed by atoms with E-state index >= 15 is 0 Å². The molecule has 0 saturated carbocycles. The molecule has 102 valence electrons. The van der Waals surface area contributed by atoms with E-state index in [0.717, 1.165) is 13.0 Å². The minimum atomic E-state index is 0.375. The van der Waals surface area contributed by atoms with E-state index in [1.807, 2.05) is 30.9 Å². The molecule has 0 spiro atoms. The third-order valence-corrected chi connectivity index (χ3v) is 2.52. The standard InChI is InChI=1S/C11H23N7/c1-8(2)6-7-18(5)11-14-9(16-12)13-10(15-11)17(3)4/h8H,6-7,12H2,1-5H3,(H,13,14,15,16). The molecule has 0 aromatic carbocycles. The second kappa shape index (κ2) is 6.34. The average Bonchev–Trinajstić information content (AvgIpc) is 2.35. The zero-order valence-electron chi connectivity index (χ0n) is 11.8. The minimum Gasteiger partial charge on any atom is -0.347 e. The number of aromatic nitrogens is 3. The first-order valence-electron chi connectivity index (χ1n) is 6.05. The summed E-state index contributed by atoms with van der Waals surface area (Å²) >= 11 is 0. The Labute approximate surface area is 108 Å². The van der Waals surface area contributed by atoms with Crippen LogP contribution in [0, 0.1) is 5.92 Å². The Balaban J connectivity index is 2.89. The van der Waals surface area contributed by atoms with Crippen LogP contribution >= 0.6 is 0 Å². The van der Waals surface area contributed by atoms with Gasteiger partial charge in [0.15, 0.2) is 0 Å². The number of nitrogens with two attached hydrogens (primary N) is 1. The van der Waals surface area contributed by atoms with Crippen LogP contribution in [-0.4, -0.2) is 42.6 Å². The van der Waals surface area contributed by atoms with Gasteiger partial charge in [0.1, 0.15) is 0 Å². The fourth-order valence-corrected chi connectivity index (χ4v) is 1.34. The Morgan fingerprint density at radius 2 is 1.72 bits per heavy atom. The van der Waals surface area contributed by atoms with Crippen molar-refractivity contribution in [2.45, 2.75) is 20.3 Å². The van der Waals surface area contributed by atoms with Gasteiger partial charge in [0, 0.05) is 27.7 Å². The molecular formula is C11H23N7. The lowest BCUT2D eigenvalue weighted by atomic mass is 10.1. The van der Waals surface area contributed by atoms with Gasteiger partial charge in [-0.25, -0.2) is 5.84 Å². The fraction of sp³-hybridized carbons (Fsp3) is 0.727. The van der Waals surface area contributed by atoms with Gasteiger partial charge in [-0.05, 0) is 12.3 Å². The molecule has 1 rings (SSSR count). The predicted molar refractivity (Wildman–Crippen MR) is 74.7 cm³/mol. The average molecular weight is 253 g/mol. The van der Waals surface area contributed by atoms with Crippen molar-refractivity contribution in [3.63, 3.8) is 0 Å². The van der Waals surface area contributed by atoms with Crippen molar-refractivity contribution in [1.29, 1.82) is 0 Å². The lowest BCUT2D eigenvalue weighted by molar-refractivity contribution is 0.581. The monoisotopic (exact) mass is 253 g/mol. The van der Waals surface area contributed by atoms with Crippen LogP contribution in [0.5, 0.6) is 0 Å². The van der Waals surface area contributed by atoms with E-state index in [4.69, 9.17) is 5.84 Å². The minimum absolute atomic E-state index is 0.375. The highest BCUT2D eigenvalue weighted by atomic mass is 15.4. The zero-order chi connectivity index (χ0) is 13.7. The van der Waals surface area contributed by atoms with Crippen molar-refractivity contribution in [2.24, 2.45) is 11.8 Å². The quantitative estimate of drug-likeness (QED) is 0.570. The Morgan fingerprint density at radius 1 is 1.11 bits per heavy atom. The Bertz CT molecular complexity index is 378. The molecule has 0 aliphatic heterocycles. The number of hydrazine groups is 1. The third kappa shape index (κ3) is 3.99. The SMILES string of the molecule is CC(C)CCN(C)c1nc(NN)nc(N(C)C)n1. The Hall–Kier alpha value is -1.63. The van der Waals surface area contributed by atoms with Crippen molar-refractivity contribution >= 4 is 17.8 Å². The second-order valence-electron chi connectivity index (χ2n) is 4.90. The van der Waals surface area contributed by atoms with Crippen LogP contribution in [0.4, 0.5) is 17.8 Å². The molecule has 0 saturated heterocycles. The molecule has 0 fully saturated rings. The Morgan fingerprint density at radius 3 is 2.22 bits per heavy atom. The molecular weight excluding hydrogens is 230 g/mol. The number of anilines is 3. The van der Waals surface area contributed by atoms with Gasteiger partial charge in [0.25, 0.3) is 0 Å². The largest absolute Gasteiger partial charge is 0.347 e. The van der Waals surface area contributed by atoms with Crippen LogP contribution in [-0.2, 0) is 0 Å². The van der Waals surface area contributed by atoms with Crippen molar-refractivity contribution in [3.05, 3.63) is 0 Å². The summed E-state index contributed by atoms with van der Waals surface area (Å²) in [7, 11) is 5.73. The first-order valence-corrected chi connectivity index (χ1v) is 6.05. The topological polar surface area (TPSA) is 83.2 Å². The van der Waals surface area contributed by atoms with Gasteiger partial charge in [0.05, 0.1) is 0 Å². The van der Waals surface area contributed by atoms with Gasteiger partial charge in [-0.15, -0.1) is 0 Å². The molecule has 1 aromatic heterocycles. The summed E-state index contributed by atoms with van der Waals surface area (Å²) in [6.07, 6.45) is 1.09. The number of nitrogen functional groups attached to an aromatic ring is 1. The first kappa shape index (κ1) is 14.4. The highest BCUT2D eigenvalue weighted by Gasteiger charge is 2.11. The number of hydrogen-bond acceptors (Lipinski definition) is 7. The van der Waals surface area contributed by atoms with Crippen molar-refractivity contribution in [2.75, 3.05) is 42.9 Å². The lowest BCUT2D eigenvalue weighted by Gasteiger charge is -2.20. The summed E-state index contributed by atoms with van der Waals surface area (Å²) in [5.41, 5.74) is 2.47. The van der Waals surface area contributed by atoms with Crippen LogP contribution in [0.3, 0.4) is 0 Å². The molecule has 7 heteroatoms. The summed E-state index contributed by atoms with van der Waals surface area (Å²) < 4.78 is 0. The number of hydrogen-bond donors (Lipinski definition) is 2. The summed E-state index contributed by atoms with van der Waals surface area (Å²) in [5.74, 6) is 7.61. The summed E-state index contributed by atoms with van der Waals surface area (Å²) in [4.78, 5) is 16.6. The highest BCUT2D eigenvalue weighted by Crippen LogP contribution is 2.14. The normalized spacial score (nSPS) is 10.6. The van der Waals surface area contributed by atoms with E-state index in [1.54, 1.807) is 0 Å². The fourth-order valence-electron chi connectivity index (χ4n) is 1.34. The van der Waals surface area contributed by atoms with Gasteiger partial charge in [0.2, 0.25) is 17.8 Å². The van der Waals surface area contributed by atoms with Crippen molar-refractivity contribution in [1.82, 2.24) is 15.0 Å². The van der Waals surface area contributed by atoms with E-state index in [2.05, 4.69) is 34.2 Å². The molecule has 3 N–H and O–H groups in total. The van der Waals surface area contributed by atoms with Gasteiger partial charge in [-0.1, -0.05) is 13.8 Å². The lowest BCUT2D eigenvalue weighted by Crippen LogP contribution is -2.25. The van der Waals surface area contributed by atoms with Crippen LogP contribution in [0.2, 0.25) is 0 Å². The van der Waals surface area contributed by atoms with Crippen molar-refractivity contribution in [3.8, 4) is 0 Å². The number of nitrogens with one attached hydrogen (secondary N) is 1. The van der Waals surface area contributed by atoms with Gasteiger partial charge in [-0.3, -0.25) is 5.43 Å². The van der Waals surface area contributed by atoms with E-state index in [1.165, 1.54) is 0 Å². The van der Waals surface area contributed by atoms with Crippen LogP contribution in [0.25, 0.3) is 0 Å².